The number of H-pyrrole nitrogens is 1. The third-order valence-electron chi connectivity index (χ3n) is 3.33. The minimum Gasteiger partial charge on any atom is -0.382 e. The fourth-order valence-corrected chi connectivity index (χ4v) is 4.42. The van der Waals surface area contributed by atoms with E-state index in [2.05, 4.69) is 10.2 Å². The molecule has 0 radical (unpaired) electrons. The first-order chi connectivity index (χ1) is 8.06. The average Bonchev–Trinajstić information content (AvgIpc) is 2.61. The summed E-state index contributed by atoms with van der Waals surface area (Å²) in [4.78, 5) is 0. The number of nitrogens with zero attached hydrogens (tertiary/aromatic N) is 1. The molecule has 17 heavy (non-hydrogen) atoms. The van der Waals surface area contributed by atoms with Gasteiger partial charge in [0.15, 0.2) is 9.84 Å². The van der Waals surface area contributed by atoms with E-state index in [0.717, 1.165) is 36.9 Å². The summed E-state index contributed by atoms with van der Waals surface area (Å²) in [6.07, 6.45) is 4.12. The van der Waals surface area contributed by atoms with E-state index in [-0.39, 0.29) is 5.75 Å². The van der Waals surface area contributed by atoms with E-state index >= 15 is 0 Å². The molecule has 3 N–H and O–H groups in total. The van der Waals surface area contributed by atoms with E-state index in [1.165, 1.54) is 0 Å². The lowest BCUT2D eigenvalue weighted by molar-refractivity contribution is 0.541. The average molecular weight is 257 g/mol. The zero-order chi connectivity index (χ0) is 12.5. The lowest BCUT2D eigenvalue weighted by Crippen LogP contribution is -2.22. The van der Waals surface area contributed by atoms with E-state index in [9.17, 15) is 8.42 Å². The van der Waals surface area contributed by atoms with Gasteiger partial charge >= 0.3 is 0 Å². The van der Waals surface area contributed by atoms with Crippen molar-refractivity contribution in [3.63, 3.8) is 0 Å². The van der Waals surface area contributed by atoms with Crippen LogP contribution in [0.25, 0.3) is 0 Å². The predicted molar refractivity (Wildman–Crippen MR) is 67.4 cm³/mol. The summed E-state index contributed by atoms with van der Waals surface area (Å²) in [6, 6.07) is 0. The first-order valence-electron chi connectivity index (χ1n) is 6.10. The molecule has 0 saturated carbocycles. The Morgan fingerprint density at radius 2 is 2.24 bits per heavy atom. The highest BCUT2D eigenvalue weighted by molar-refractivity contribution is 7.91. The lowest BCUT2D eigenvalue weighted by Gasteiger charge is -2.22. The second-order valence-electron chi connectivity index (χ2n) is 4.60. The Hall–Kier alpha value is -1.04. The lowest BCUT2D eigenvalue weighted by atomic mass is 10.0. The molecule has 0 aliphatic carbocycles. The molecule has 1 aromatic heterocycles. The fraction of sp³-hybridized carbons (Fsp3) is 0.727. The third kappa shape index (κ3) is 2.31. The number of nitrogens with one attached hydrogen (secondary N) is 1. The fourth-order valence-electron chi connectivity index (χ4n) is 2.45. The standard InChI is InChI=1S/C11H19N3O2S/c1-2-5-8-10(13-14-11(8)12)9-6-3-4-7-17(9,15)16/h9H,2-7H2,1H3,(H3,12,13,14). The molecule has 2 heterocycles. The van der Waals surface area contributed by atoms with Gasteiger partial charge in [-0.1, -0.05) is 19.8 Å². The van der Waals surface area contributed by atoms with Crippen LogP contribution in [0.3, 0.4) is 0 Å². The molecule has 1 aliphatic heterocycles. The highest BCUT2D eigenvalue weighted by Gasteiger charge is 2.33. The summed E-state index contributed by atoms with van der Waals surface area (Å²) in [5, 5.41) is 6.37. The number of sulfone groups is 1. The molecule has 6 heteroatoms. The van der Waals surface area contributed by atoms with E-state index in [4.69, 9.17) is 5.73 Å². The molecule has 96 valence electrons. The van der Waals surface area contributed by atoms with Crippen LogP contribution in [0.1, 0.15) is 49.1 Å². The molecule has 1 saturated heterocycles. The quantitative estimate of drug-likeness (QED) is 0.860. The maximum absolute atomic E-state index is 12.1. The van der Waals surface area contributed by atoms with Gasteiger partial charge in [-0.2, -0.15) is 5.10 Å². The number of anilines is 1. The molecule has 2 rings (SSSR count). The molecule has 1 aliphatic rings. The van der Waals surface area contributed by atoms with Crippen molar-refractivity contribution in [3.8, 4) is 0 Å². The Balaban J connectivity index is 2.39. The van der Waals surface area contributed by atoms with Crippen molar-refractivity contribution in [3.05, 3.63) is 11.3 Å². The van der Waals surface area contributed by atoms with Gasteiger partial charge in [-0.3, -0.25) is 5.10 Å². The maximum atomic E-state index is 12.1. The van der Waals surface area contributed by atoms with Crippen molar-refractivity contribution in [2.45, 2.75) is 44.3 Å². The summed E-state index contributed by atoms with van der Waals surface area (Å²) in [5.41, 5.74) is 7.40. The van der Waals surface area contributed by atoms with Crippen LogP contribution >= 0.6 is 0 Å². The summed E-state index contributed by atoms with van der Waals surface area (Å²) in [7, 11) is -3.03. The molecule has 1 fully saturated rings. The number of aromatic nitrogens is 2. The number of aromatic amines is 1. The number of hydrogen-bond donors (Lipinski definition) is 2. The molecule has 1 unspecified atom stereocenters. The molecule has 0 aromatic carbocycles. The molecule has 0 bridgehead atoms. The van der Waals surface area contributed by atoms with Gasteiger partial charge in [-0.05, 0) is 19.3 Å². The van der Waals surface area contributed by atoms with E-state index in [1.54, 1.807) is 0 Å². The van der Waals surface area contributed by atoms with Crippen LogP contribution in [0.4, 0.5) is 5.82 Å². The SMILES string of the molecule is CCCc1c(N)n[nH]c1C1CCCCS1(=O)=O. The van der Waals surface area contributed by atoms with Crippen LogP contribution in [-0.4, -0.2) is 24.4 Å². The Kier molecular flexibility index (Phi) is 3.42. The maximum Gasteiger partial charge on any atom is 0.158 e. The van der Waals surface area contributed by atoms with E-state index in [1.807, 2.05) is 6.92 Å². The summed E-state index contributed by atoms with van der Waals surface area (Å²) >= 11 is 0. The molecule has 5 nitrogen and oxygen atoms in total. The topological polar surface area (TPSA) is 88.8 Å². The Morgan fingerprint density at radius 1 is 1.47 bits per heavy atom. The largest absolute Gasteiger partial charge is 0.382 e. The van der Waals surface area contributed by atoms with Crippen LogP contribution in [0.2, 0.25) is 0 Å². The molecule has 0 amide bonds. The van der Waals surface area contributed by atoms with Crippen molar-refractivity contribution in [1.82, 2.24) is 10.2 Å². The minimum absolute atomic E-state index is 0.280. The van der Waals surface area contributed by atoms with Crippen molar-refractivity contribution in [1.29, 1.82) is 0 Å². The van der Waals surface area contributed by atoms with Crippen molar-refractivity contribution in [2.24, 2.45) is 0 Å². The minimum atomic E-state index is -3.03. The zero-order valence-corrected chi connectivity index (χ0v) is 10.9. The zero-order valence-electron chi connectivity index (χ0n) is 10.1. The molecule has 0 spiro atoms. The predicted octanol–water partition coefficient (Wildman–Crippen LogP) is 1.58. The Labute approximate surface area is 102 Å². The Morgan fingerprint density at radius 3 is 2.88 bits per heavy atom. The number of nitrogens with two attached hydrogens (primary N) is 1. The molecular formula is C11H19N3O2S. The highest BCUT2D eigenvalue weighted by atomic mass is 32.2. The second-order valence-corrected chi connectivity index (χ2v) is 6.91. The number of rotatable bonds is 3. The smallest absolute Gasteiger partial charge is 0.158 e. The van der Waals surface area contributed by atoms with E-state index in [0.29, 0.717) is 12.2 Å². The van der Waals surface area contributed by atoms with Crippen molar-refractivity contribution in [2.75, 3.05) is 11.5 Å². The highest BCUT2D eigenvalue weighted by Crippen LogP contribution is 2.35. The van der Waals surface area contributed by atoms with Gasteiger partial charge in [-0.25, -0.2) is 8.42 Å². The normalized spacial score (nSPS) is 23.7. The first-order valence-corrected chi connectivity index (χ1v) is 7.82. The number of hydrogen-bond acceptors (Lipinski definition) is 4. The first kappa shape index (κ1) is 12.4. The van der Waals surface area contributed by atoms with Gasteiger partial charge in [0.1, 0.15) is 11.1 Å². The van der Waals surface area contributed by atoms with Crippen LogP contribution < -0.4 is 5.73 Å². The van der Waals surface area contributed by atoms with Gasteiger partial charge in [0.25, 0.3) is 0 Å². The second kappa shape index (κ2) is 4.68. The van der Waals surface area contributed by atoms with Gasteiger partial charge in [-0.15, -0.1) is 0 Å². The monoisotopic (exact) mass is 257 g/mol. The van der Waals surface area contributed by atoms with Gasteiger partial charge in [0.2, 0.25) is 0 Å². The molecular weight excluding hydrogens is 238 g/mol. The third-order valence-corrected chi connectivity index (χ3v) is 5.53. The van der Waals surface area contributed by atoms with Crippen LogP contribution in [0.15, 0.2) is 0 Å². The van der Waals surface area contributed by atoms with Crippen LogP contribution in [0, 0.1) is 0 Å². The Bertz CT molecular complexity index is 493. The van der Waals surface area contributed by atoms with Gasteiger partial charge in [0.05, 0.1) is 11.4 Å². The van der Waals surface area contributed by atoms with Crippen molar-refractivity contribution >= 4 is 15.7 Å². The van der Waals surface area contributed by atoms with E-state index < -0.39 is 15.1 Å². The summed E-state index contributed by atoms with van der Waals surface area (Å²) in [5.74, 6) is 0.727. The van der Waals surface area contributed by atoms with Crippen LogP contribution in [-0.2, 0) is 16.3 Å². The van der Waals surface area contributed by atoms with Gasteiger partial charge in [0, 0.05) is 5.56 Å². The summed E-state index contributed by atoms with van der Waals surface area (Å²) in [6.45, 7) is 2.05. The molecule has 1 aromatic rings. The summed E-state index contributed by atoms with van der Waals surface area (Å²) < 4.78 is 24.1. The van der Waals surface area contributed by atoms with Crippen molar-refractivity contribution < 1.29 is 8.42 Å². The van der Waals surface area contributed by atoms with Crippen LogP contribution in [0.5, 0.6) is 0 Å². The number of nitrogen functional groups attached to an aromatic ring is 1. The van der Waals surface area contributed by atoms with Gasteiger partial charge < -0.3 is 5.73 Å². The molecule has 1 atom stereocenters.